The average Bonchev–Trinajstić information content (AvgIpc) is 2.89. The van der Waals surface area contributed by atoms with E-state index < -0.39 is 9.84 Å². The first-order valence-electron chi connectivity index (χ1n) is 8.52. The van der Waals surface area contributed by atoms with Gasteiger partial charge in [-0.15, -0.1) is 0 Å². The maximum absolute atomic E-state index is 12.2. The third-order valence-electron chi connectivity index (χ3n) is 4.74. The monoisotopic (exact) mass is 348 g/mol. The normalized spacial score (nSPS) is 27.3. The van der Waals surface area contributed by atoms with E-state index in [1.54, 1.807) is 6.08 Å². The Morgan fingerprint density at radius 3 is 2.50 bits per heavy atom. The van der Waals surface area contributed by atoms with E-state index in [2.05, 4.69) is 10.2 Å². The number of benzene rings is 1. The molecule has 2 saturated heterocycles. The fourth-order valence-electron chi connectivity index (χ4n) is 3.54. The largest absolute Gasteiger partial charge is 0.347 e. The maximum Gasteiger partial charge on any atom is 0.244 e. The number of nitrogens with zero attached hydrogens (tertiary/aromatic N) is 1. The highest BCUT2D eigenvalue weighted by atomic mass is 32.2. The lowest BCUT2D eigenvalue weighted by atomic mass is 10.0. The van der Waals surface area contributed by atoms with Crippen molar-refractivity contribution in [2.24, 2.45) is 0 Å². The minimum absolute atomic E-state index is 0.0408. The van der Waals surface area contributed by atoms with Gasteiger partial charge in [-0.05, 0) is 37.6 Å². The molecule has 5 nitrogen and oxygen atoms in total. The minimum atomic E-state index is -3.09. The SMILES string of the molecule is O=C(/C=C/c1ccccc1)NC1CS(=O)(=O)CC1N1CCCCC1. The Morgan fingerprint density at radius 2 is 1.79 bits per heavy atom. The first kappa shape index (κ1) is 17.2. The summed E-state index contributed by atoms with van der Waals surface area (Å²) in [5, 5.41) is 2.91. The number of nitrogens with one attached hydrogen (secondary N) is 1. The fourth-order valence-corrected chi connectivity index (χ4v) is 5.50. The molecule has 2 unspecified atom stereocenters. The molecule has 2 aliphatic heterocycles. The van der Waals surface area contributed by atoms with Crippen LogP contribution in [-0.4, -0.2) is 55.9 Å². The first-order chi connectivity index (χ1) is 11.5. The first-order valence-corrected chi connectivity index (χ1v) is 10.3. The van der Waals surface area contributed by atoms with Gasteiger partial charge in [0.2, 0.25) is 5.91 Å². The van der Waals surface area contributed by atoms with Crippen molar-refractivity contribution in [3.8, 4) is 0 Å². The second-order valence-electron chi connectivity index (χ2n) is 6.60. The van der Waals surface area contributed by atoms with Crippen LogP contribution >= 0.6 is 0 Å². The van der Waals surface area contributed by atoms with Gasteiger partial charge in [-0.25, -0.2) is 8.42 Å². The van der Waals surface area contributed by atoms with Gasteiger partial charge in [-0.3, -0.25) is 9.69 Å². The number of carbonyl (C=O) groups excluding carboxylic acids is 1. The zero-order valence-electron chi connectivity index (χ0n) is 13.7. The van der Waals surface area contributed by atoms with Crippen LogP contribution in [0.5, 0.6) is 0 Å². The number of hydrogen-bond donors (Lipinski definition) is 1. The Morgan fingerprint density at radius 1 is 1.08 bits per heavy atom. The predicted octanol–water partition coefficient (Wildman–Crippen LogP) is 1.47. The number of rotatable bonds is 4. The van der Waals surface area contributed by atoms with E-state index in [1.807, 2.05) is 30.3 Å². The van der Waals surface area contributed by atoms with Crippen molar-refractivity contribution in [3.05, 3.63) is 42.0 Å². The molecular weight excluding hydrogens is 324 g/mol. The molecule has 0 aliphatic carbocycles. The molecule has 0 aromatic heterocycles. The van der Waals surface area contributed by atoms with Gasteiger partial charge < -0.3 is 5.32 Å². The van der Waals surface area contributed by atoms with Crippen LogP contribution in [0.4, 0.5) is 0 Å². The molecule has 2 fully saturated rings. The summed E-state index contributed by atoms with van der Waals surface area (Å²) in [6, 6.07) is 9.16. The summed E-state index contributed by atoms with van der Waals surface area (Å²) in [6.45, 7) is 1.85. The summed E-state index contributed by atoms with van der Waals surface area (Å²) in [4.78, 5) is 14.4. The lowest BCUT2D eigenvalue weighted by Gasteiger charge is -2.34. The highest BCUT2D eigenvalue weighted by molar-refractivity contribution is 7.91. The second-order valence-corrected chi connectivity index (χ2v) is 8.75. The third-order valence-corrected chi connectivity index (χ3v) is 6.45. The van der Waals surface area contributed by atoms with Gasteiger partial charge in [0.15, 0.2) is 9.84 Å². The number of carbonyl (C=O) groups is 1. The highest BCUT2D eigenvalue weighted by Crippen LogP contribution is 2.22. The van der Waals surface area contributed by atoms with E-state index in [4.69, 9.17) is 0 Å². The van der Waals surface area contributed by atoms with E-state index in [0.29, 0.717) is 0 Å². The highest BCUT2D eigenvalue weighted by Gasteiger charge is 2.41. The molecule has 2 atom stereocenters. The summed E-state index contributed by atoms with van der Waals surface area (Å²) in [7, 11) is -3.09. The summed E-state index contributed by atoms with van der Waals surface area (Å²) in [5.41, 5.74) is 0.944. The van der Waals surface area contributed by atoms with Crippen LogP contribution in [0.1, 0.15) is 24.8 Å². The molecule has 1 amide bonds. The molecular formula is C18H24N2O3S. The zero-order chi connectivity index (χ0) is 17.0. The van der Waals surface area contributed by atoms with Crippen LogP contribution in [0.2, 0.25) is 0 Å². The molecule has 6 heteroatoms. The number of likely N-dealkylation sites (tertiary alicyclic amines) is 1. The molecule has 0 bridgehead atoms. The van der Waals surface area contributed by atoms with Gasteiger partial charge in [-0.1, -0.05) is 36.8 Å². The van der Waals surface area contributed by atoms with Crippen molar-refractivity contribution in [1.29, 1.82) is 0 Å². The van der Waals surface area contributed by atoms with Crippen LogP contribution in [0.25, 0.3) is 6.08 Å². The average molecular weight is 348 g/mol. The van der Waals surface area contributed by atoms with Crippen molar-refractivity contribution < 1.29 is 13.2 Å². The summed E-state index contributed by atoms with van der Waals surface area (Å²) >= 11 is 0. The molecule has 2 heterocycles. The van der Waals surface area contributed by atoms with Gasteiger partial charge in [0, 0.05) is 12.1 Å². The molecule has 1 aromatic carbocycles. The molecule has 24 heavy (non-hydrogen) atoms. The van der Waals surface area contributed by atoms with Gasteiger partial charge in [0.25, 0.3) is 0 Å². The van der Waals surface area contributed by atoms with Crippen molar-refractivity contribution in [2.45, 2.75) is 31.3 Å². The van der Waals surface area contributed by atoms with Crippen molar-refractivity contribution in [1.82, 2.24) is 10.2 Å². The van der Waals surface area contributed by atoms with Crippen molar-refractivity contribution >= 4 is 21.8 Å². The Balaban J connectivity index is 1.65. The fraction of sp³-hybridized carbons (Fsp3) is 0.500. The standard InChI is InChI=1S/C18H24N2O3S/c21-18(10-9-15-7-3-1-4-8-15)19-16-13-24(22,23)14-17(16)20-11-5-2-6-12-20/h1,3-4,7-10,16-17H,2,5-6,11-14H2,(H,19,21)/b10-9+. The molecule has 0 radical (unpaired) electrons. The van der Waals surface area contributed by atoms with Gasteiger partial charge in [0.1, 0.15) is 0 Å². The smallest absolute Gasteiger partial charge is 0.244 e. The minimum Gasteiger partial charge on any atom is -0.347 e. The number of hydrogen-bond acceptors (Lipinski definition) is 4. The summed E-state index contributed by atoms with van der Waals surface area (Å²) < 4.78 is 24.1. The second kappa shape index (κ2) is 7.49. The van der Waals surface area contributed by atoms with Crippen LogP contribution < -0.4 is 5.32 Å². The molecule has 1 N–H and O–H groups in total. The van der Waals surface area contributed by atoms with E-state index in [0.717, 1.165) is 31.5 Å². The predicted molar refractivity (Wildman–Crippen MR) is 95.3 cm³/mol. The summed E-state index contributed by atoms with van der Waals surface area (Å²) in [6.07, 6.45) is 6.63. The molecule has 2 aliphatic rings. The van der Waals surface area contributed by atoms with E-state index in [9.17, 15) is 13.2 Å². The summed E-state index contributed by atoms with van der Waals surface area (Å²) in [5.74, 6) is -0.0395. The quantitative estimate of drug-likeness (QED) is 0.837. The van der Waals surface area contributed by atoms with Crippen molar-refractivity contribution in [3.63, 3.8) is 0 Å². The topological polar surface area (TPSA) is 66.5 Å². The molecule has 130 valence electrons. The van der Waals surface area contributed by atoms with Gasteiger partial charge >= 0.3 is 0 Å². The van der Waals surface area contributed by atoms with Crippen LogP contribution in [-0.2, 0) is 14.6 Å². The number of amides is 1. The molecule has 1 aromatic rings. The van der Waals surface area contributed by atoms with E-state index in [-0.39, 0.29) is 29.5 Å². The van der Waals surface area contributed by atoms with Gasteiger partial charge in [-0.2, -0.15) is 0 Å². The lowest BCUT2D eigenvalue weighted by Crippen LogP contribution is -2.52. The van der Waals surface area contributed by atoms with Crippen LogP contribution in [0.3, 0.4) is 0 Å². The Hall–Kier alpha value is -1.66. The van der Waals surface area contributed by atoms with Crippen molar-refractivity contribution in [2.75, 3.05) is 24.6 Å². The zero-order valence-corrected chi connectivity index (χ0v) is 14.5. The lowest BCUT2D eigenvalue weighted by molar-refractivity contribution is -0.117. The Kier molecular flexibility index (Phi) is 5.36. The Labute approximate surface area is 143 Å². The third kappa shape index (κ3) is 4.45. The van der Waals surface area contributed by atoms with Crippen LogP contribution in [0, 0.1) is 0 Å². The Bertz CT molecular complexity index is 694. The molecule has 0 saturated carbocycles. The molecule has 0 spiro atoms. The van der Waals surface area contributed by atoms with Crippen LogP contribution in [0.15, 0.2) is 36.4 Å². The van der Waals surface area contributed by atoms with E-state index >= 15 is 0 Å². The van der Waals surface area contributed by atoms with Gasteiger partial charge in [0.05, 0.1) is 17.5 Å². The number of piperidine rings is 1. The number of sulfone groups is 1. The molecule has 3 rings (SSSR count). The maximum atomic E-state index is 12.2. The van der Waals surface area contributed by atoms with E-state index in [1.165, 1.54) is 12.5 Å².